The van der Waals surface area contributed by atoms with Gasteiger partial charge in [-0.05, 0) is 43.2 Å². The second-order valence-corrected chi connectivity index (χ2v) is 6.86. The van der Waals surface area contributed by atoms with Gasteiger partial charge >= 0.3 is 0 Å². The summed E-state index contributed by atoms with van der Waals surface area (Å²) in [6, 6.07) is 14.5. The summed E-state index contributed by atoms with van der Waals surface area (Å²) >= 11 is 0. The molecule has 0 saturated heterocycles. The molecule has 0 saturated carbocycles. The van der Waals surface area contributed by atoms with Crippen LogP contribution in [0.25, 0.3) is 0 Å². The van der Waals surface area contributed by atoms with Gasteiger partial charge in [0.25, 0.3) is 10.0 Å². The second kappa shape index (κ2) is 5.41. The topological polar surface area (TPSA) is 49.4 Å². The highest BCUT2D eigenvalue weighted by molar-refractivity contribution is 7.92. The lowest BCUT2D eigenvalue weighted by Crippen LogP contribution is -2.30. The Balaban J connectivity index is 2.03. The Morgan fingerprint density at radius 1 is 1.14 bits per heavy atom. The maximum absolute atomic E-state index is 12.9. The van der Waals surface area contributed by atoms with Crippen molar-refractivity contribution in [2.24, 2.45) is 0 Å². The van der Waals surface area contributed by atoms with Crippen LogP contribution < -0.4 is 9.62 Å². The standard InChI is InChI=1S/C16H18N2O2S/c1-2-18(14-6-4-3-5-7-14)21(19,20)15-9-8-13-10-11-17-16(13)12-15/h3-9,12,17H,2,10-11H2,1H3. The first-order valence-corrected chi connectivity index (χ1v) is 8.51. The first kappa shape index (κ1) is 13.9. The van der Waals surface area contributed by atoms with Crippen molar-refractivity contribution in [3.8, 4) is 0 Å². The Labute approximate surface area is 125 Å². The molecule has 0 spiro atoms. The lowest BCUT2D eigenvalue weighted by molar-refractivity contribution is 0.592. The van der Waals surface area contributed by atoms with Gasteiger partial charge in [-0.1, -0.05) is 24.3 Å². The van der Waals surface area contributed by atoms with Crippen molar-refractivity contribution in [1.29, 1.82) is 0 Å². The summed E-state index contributed by atoms with van der Waals surface area (Å²) in [5, 5.41) is 3.23. The van der Waals surface area contributed by atoms with Crippen molar-refractivity contribution in [1.82, 2.24) is 0 Å². The zero-order valence-electron chi connectivity index (χ0n) is 11.9. The van der Waals surface area contributed by atoms with Gasteiger partial charge in [0.15, 0.2) is 0 Å². The Morgan fingerprint density at radius 2 is 1.90 bits per heavy atom. The average Bonchev–Trinajstić information content (AvgIpc) is 2.96. The van der Waals surface area contributed by atoms with Gasteiger partial charge in [0.1, 0.15) is 0 Å². The SMILES string of the molecule is CCN(c1ccccc1)S(=O)(=O)c1ccc2c(c1)NCC2. The van der Waals surface area contributed by atoms with Crippen LogP contribution >= 0.6 is 0 Å². The molecule has 0 bridgehead atoms. The molecule has 0 aromatic heterocycles. The molecular formula is C16H18N2O2S. The largest absolute Gasteiger partial charge is 0.384 e. The maximum atomic E-state index is 12.9. The number of hydrogen-bond acceptors (Lipinski definition) is 3. The van der Waals surface area contributed by atoms with Gasteiger partial charge in [-0.2, -0.15) is 0 Å². The predicted octanol–water partition coefficient (Wildman–Crippen LogP) is 2.87. The van der Waals surface area contributed by atoms with E-state index in [9.17, 15) is 8.42 Å². The van der Waals surface area contributed by atoms with Crippen LogP contribution in [0.15, 0.2) is 53.4 Å². The Hall–Kier alpha value is -2.01. The Bertz CT molecular complexity index is 742. The molecule has 5 heteroatoms. The predicted molar refractivity (Wildman–Crippen MR) is 85.3 cm³/mol. The lowest BCUT2D eigenvalue weighted by Gasteiger charge is -2.23. The summed E-state index contributed by atoms with van der Waals surface area (Å²) in [6.45, 7) is 3.11. The van der Waals surface area contributed by atoms with Crippen LogP contribution in [0.5, 0.6) is 0 Å². The molecule has 1 heterocycles. The minimum absolute atomic E-state index is 0.335. The van der Waals surface area contributed by atoms with E-state index in [4.69, 9.17) is 0 Å². The number of nitrogens with one attached hydrogen (secondary N) is 1. The van der Waals surface area contributed by atoms with Crippen LogP contribution in [0, 0.1) is 0 Å². The molecule has 0 fully saturated rings. The van der Waals surface area contributed by atoms with Crippen LogP contribution in [0.1, 0.15) is 12.5 Å². The van der Waals surface area contributed by atoms with Crippen LogP contribution in [0.3, 0.4) is 0 Å². The van der Waals surface area contributed by atoms with Gasteiger partial charge in [0.05, 0.1) is 10.6 Å². The monoisotopic (exact) mass is 302 g/mol. The molecule has 1 aliphatic heterocycles. The van der Waals surface area contributed by atoms with Gasteiger partial charge in [-0.25, -0.2) is 8.42 Å². The minimum atomic E-state index is -3.53. The van der Waals surface area contributed by atoms with E-state index < -0.39 is 10.0 Å². The van der Waals surface area contributed by atoms with Gasteiger partial charge in [-0.3, -0.25) is 4.31 Å². The number of benzene rings is 2. The van der Waals surface area contributed by atoms with Crippen molar-refractivity contribution >= 4 is 21.4 Å². The lowest BCUT2D eigenvalue weighted by atomic mass is 10.2. The van der Waals surface area contributed by atoms with Crippen LogP contribution in [-0.2, 0) is 16.4 Å². The zero-order valence-corrected chi connectivity index (χ0v) is 12.7. The molecule has 2 aromatic carbocycles. The van der Waals surface area contributed by atoms with E-state index in [1.165, 1.54) is 9.87 Å². The number of rotatable bonds is 4. The molecule has 0 unspecified atom stereocenters. The quantitative estimate of drug-likeness (QED) is 0.945. The summed E-state index contributed by atoms with van der Waals surface area (Å²) in [7, 11) is -3.53. The molecule has 4 nitrogen and oxygen atoms in total. The van der Waals surface area contributed by atoms with Crippen molar-refractivity contribution in [3.05, 3.63) is 54.1 Å². The van der Waals surface area contributed by atoms with E-state index in [1.807, 2.05) is 43.3 Å². The van der Waals surface area contributed by atoms with Crippen LogP contribution in [-0.4, -0.2) is 21.5 Å². The smallest absolute Gasteiger partial charge is 0.264 e. The van der Waals surface area contributed by atoms with E-state index in [2.05, 4.69) is 5.32 Å². The third-order valence-electron chi connectivity index (χ3n) is 3.71. The third kappa shape index (κ3) is 2.49. The van der Waals surface area contributed by atoms with Crippen molar-refractivity contribution in [3.63, 3.8) is 0 Å². The normalized spacial score (nSPS) is 13.6. The van der Waals surface area contributed by atoms with E-state index in [1.54, 1.807) is 12.1 Å². The first-order chi connectivity index (χ1) is 10.1. The summed E-state index contributed by atoms with van der Waals surface area (Å²) < 4.78 is 27.2. The zero-order chi connectivity index (χ0) is 14.9. The van der Waals surface area contributed by atoms with Gasteiger partial charge in [-0.15, -0.1) is 0 Å². The molecule has 0 amide bonds. The van der Waals surface area contributed by atoms with Crippen LogP contribution in [0.2, 0.25) is 0 Å². The highest BCUT2D eigenvalue weighted by Gasteiger charge is 2.25. The molecule has 1 aliphatic rings. The van der Waals surface area contributed by atoms with Crippen molar-refractivity contribution in [2.45, 2.75) is 18.2 Å². The number of hydrogen-bond donors (Lipinski definition) is 1. The third-order valence-corrected chi connectivity index (χ3v) is 5.61. The fourth-order valence-corrected chi connectivity index (χ4v) is 4.14. The summed E-state index contributed by atoms with van der Waals surface area (Å²) in [4.78, 5) is 0.335. The highest BCUT2D eigenvalue weighted by atomic mass is 32.2. The fraction of sp³-hybridized carbons (Fsp3) is 0.250. The molecule has 2 aromatic rings. The van der Waals surface area contributed by atoms with E-state index in [0.29, 0.717) is 17.1 Å². The number of para-hydroxylation sites is 1. The van der Waals surface area contributed by atoms with E-state index in [0.717, 1.165) is 18.7 Å². The fourth-order valence-electron chi connectivity index (χ4n) is 2.64. The molecule has 21 heavy (non-hydrogen) atoms. The molecule has 0 aliphatic carbocycles. The Kier molecular flexibility index (Phi) is 3.59. The van der Waals surface area contributed by atoms with Gasteiger partial charge in [0.2, 0.25) is 0 Å². The minimum Gasteiger partial charge on any atom is -0.384 e. The van der Waals surface area contributed by atoms with Crippen molar-refractivity contribution < 1.29 is 8.42 Å². The molecule has 1 N–H and O–H groups in total. The molecule has 3 rings (SSSR count). The summed E-state index contributed by atoms with van der Waals surface area (Å²) in [6.07, 6.45) is 0.950. The summed E-state index contributed by atoms with van der Waals surface area (Å²) in [5.41, 5.74) is 2.80. The van der Waals surface area contributed by atoms with Crippen molar-refractivity contribution in [2.75, 3.05) is 22.7 Å². The number of anilines is 2. The van der Waals surface area contributed by atoms with E-state index in [-0.39, 0.29) is 0 Å². The first-order valence-electron chi connectivity index (χ1n) is 7.07. The number of sulfonamides is 1. The van der Waals surface area contributed by atoms with Gasteiger partial charge in [0, 0.05) is 18.8 Å². The average molecular weight is 302 g/mol. The number of nitrogens with zero attached hydrogens (tertiary/aromatic N) is 1. The molecular weight excluding hydrogens is 284 g/mol. The molecule has 0 radical (unpaired) electrons. The molecule has 0 atom stereocenters. The maximum Gasteiger partial charge on any atom is 0.264 e. The molecule has 110 valence electrons. The van der Waals surface area contributed by atoms with Gasteiger partial charge < -0.3 is 5.32 Å². The van der Waals surface area contributed by atoms with E-state index >= 15 is 0 Å². The second-order valence-electron chi connectivity index (χ2n) is 5.00. The highest BCUT2D eigenvalue weighted by Crippen LogP contribution is 2.29. The number of fused-ring (bicyclic) bond motifs is 1. The summed E-state index contributed by atoms with van der Waals surface area (Å²) in [5.74, 6) is 0. The Morgan fingerprint density at radius 3 is 2.62 bits per heavy atom. The van der Waals surface area contributed by atoms with Crippen LogP contribution in [0.4, 0.5) is 11.4 Å².